The first-order chi connectivity index (χ1) is 8.17. The minimum absolute atomic E-state index is 0.141. The van der Waals surface area contributed by atoms with Crippen molar-refractivity contribution in [2.45, 2.75) is 26.2 Å². The number of hydrogen-bond donors (Lipinski definition) is 1. The van der Waals surface area contributed by atoms with E-state index in [0.717, 1.165) is 12.0 Å². The van der Waals surface area contributed by atoms with E-state index < -0.39 is 0 Å². The van der Waals surface area contributed by atoms with E-state index in [0.29, 0.717) is 5.57 Å². The first-order valence-electron chi connectivity index (χ1n) is 5.68. The Morgan fingerprint density at radius 2 is 2.06 bits per heavy atom. The second-order valence-corrected chi connectivity index (χ2v) is 4.32. The van der Waals surface area contributed by atoms with E-state index >= 15 is 0 Å². The average Bonchev–Trinajstić information content (AvgIpc) is 2.34. The number of unbranched alkanes of at least 4 members (excludes halogenated alkanes) is 1. The monoisotopic (exact) mass is 244 g/mol. The zero-order valence-electron chi connectivity index (χ0n) is 9.94. The SMILES string of the molecule is CCCCc1ccc(C=C(C#N)C(N)=S)cc1. The lowest BCUT2D eigenvalue weighted by molar-refractivity contribution is 0.795. The van der Waals surface area contributed by atoms with Gasteiger partial charge >= 0.3 is 0 Å². The number of nitriles is 1. The van der Waals surface area contributed by atoms with Gasteiger partial charge < -0.3 is 5.73 Å². The van der Waals surface area contributed by atoms with Crippen LogP contribution >= 0.6 is 12.2 Å². The van der Waals surface area contributed by atoms with E-state index in [2.05, 4.69) is 19.1 Å². The summed E-state index contributed by atoms with van der Waals surface area (Å²) in [5.41, 5.74) is 8.05. The number of nitrogens with two attached hydrogens (primary N) is 1. The molecule has 2 nitrogen and oxygen atoms in total. The lowest BCUT2D eigenvalue weighted by Crippen LogP contribution is -2.09. The zero-order valence-corrected chi connectivity index (χ0v) is 10.8. The molecular formula is C14H16N2S. The molecule has 0 aliphatic rings. The zero-order chi connectivity index (χ0) is 12.7. The lowest BCUT2D eigenvalue weighted by atomic mass is 10.1. The van der Waals surface area contributed by atoms with Crippen molar-refractivity contribution < 1.29 is 0 Å². The molecule has 0 radical (unpaired) electrons. The van der Waals surface area contributed by atoms with E-state index in [1.807, 2.05) is 18.2 Å². The summed E-state index contributed by atoms with van der Waals surface area (Å²) < 4.78 is 0. The van der Waals surface area contributed by atoms with Crippen molar-refractivity contribution in [3.05, 3.63) is 41.0 Å². The highest BCUT2D eigenvalue weighted by Crippen LogP contribution is 2.11. The van der Waals surface area contributed by atoms with Crippen LogP contribution in [0, 0.1) is 11.3 Å². The van der Waals surface area contributed by atoms with Crippen LogP contribution in [0.15, 0.2) is 29.8 Å². The molecule has 88 valence electrons. The van der Waals surface area contributed by atoms with Crippen molar-refractivity contribution in [3.8, 4) is 6.07 Å². The summed E-state index contributed by atoms with van der Waals surface area (Å²) in [5, 5.41) is 8.84. The highest BCUT2D eigenvalue weighted by Gasteiger charge is 1.99. The summed E-state index contributed by atoms with van der Waals surface area (Å²) >= 11 is 4.79. The standard InChI is InChI=1S/C14H16N2S/c1-2-3-4-11-5-7-12(8-6-11)9-13(10-15)14(16)17/h5-9H,2-4H2,1H3,(H2,16,17). The Morgan fingerprint density at radius 3 is 2.53 bits per heavy atom. The number of nitrogens with zero attached hydrogens (tertiary/aromatic N) is 1. The number of benzene rings is 1. The molecule has 0 fully saturated rings. The molecule has 0 aliphatic carbocycles. The highest BCUT2D eigenvalue weighted by molar-refractivity contribution is 7.80. The Bertz CT molecular complexity index is 452. The van der Waals surface area contributed by atoms with Crippen LogP contribution in [-0.2, 0) is 6.42 Å². The summed E-state index contributed by atoms with van der Waals surface area (Å²) in [4.78, 5) is 0.141. The molecule has 1 rings (SSSR count). The maximum absolute atomic E-state index is 8.84. The molecule has 0 spiro atoms. The normalized spacial score (nSPS) is 10.9. The van der Waals surface area contributed by atoms with Gasteiger partial charge in [0, 0.05) is 0 Å². The van der Waals surface area contributed by atoms with E-state index in [1.54, 1.807) is 6.08 Å². The molecule has 0 amide bonds. The minimum Gasteiger partial charge on any atom is -0.389 e. The third-order valence-corrected chi connectivity index (χ3v) is 2.72. The third kappa shape index (κ3) is 4.38. The summed E-state index contributed by atoms with van der Waals surface area (Å²) in [6, 6.07) is 10.1. The number of thiocarbonyl (C=S) groups is 1. The van der Waals surface area contributed by atoms with Crippen LogP contribution in [-0.4, -0.2) is 4.99 Å². The van der Waals surface area contributed by atoms with Gasteiger partial charge in [-0.2, -0.15) is 5.26 Å². The topological polar surface area (TPSA) is 49.8 Å². The van der Waals surface area contributed by atoms with Gasteiger partial charge in [-0.3, -0.25) is 0 Å². The van der Waals surface area contributed by atoms with E-state index in [1.165, 1.54) is 18.4 Å². The Balaban J connectivity index is 2.81. The fourth-order valence-corrected chi connectivity index (χ4v) is 1.59. The van der Waals surface area contributed by atoms with Crippen molar-refractivity contribution in [1.29, 1.82) is 5.26 Å². The van der Waals surface area contributed by atoms with E-state index in [9.17, 15) is 0 Å². The van der Waals surface area contributed by atoms with Crippen molar-refractivity contribution in [2.24, 2.45) is 5.73 Å². The maximum Gasteiger partial charge on any atom is 0.114 e. The van der Waals surface area contributed by atoms with Gasteiger partial charge in [-0.15, -0.1) is 0 Å². The van der Waals surface area contributed by atoms with Gasteiger partial charge in [-0.1, -0.05) is 49.8 Å². The summed E-state index contributed by atoms with van der Waals surface area (Å²) in [6.07, 6.45) is 5.21. The smallest absolute Gasteiger partial charge is 0.114 e. The van der Waals surface area contributed by atoms with Gasteiger partial charge in [0.2, 0.25) is 0 Å². The van der Waals surface area contributed by atoms with Crippen LogP contribution in [0.4, 0.5) is 0 Å². The predicted octanol–water partition coefficient (Wildman–Crippen LogP) is 3.22. The molecule has 0 heterocycles. The van der Waals surface area contributed by atoms with E-state index in [4.69, 9.17) is 23.2 Å². The Hall–Kier alpha value is -1.66. The van der Waals surface area contributed by atoms with E-state index in [-0.39, 0.29) is 4.99 Å². The quantitative estimate of drug-likeness (QED) is 0.491. The van der Waals surface area contributed by atoms with Gasteiger partial charge in [-0.25, -0.2) is 0 Å². The second-order valence-electron chi connectivity index (χ2n) is 3.88. The molecule has 3 heteroatoms. The molecule has 0 saturated heterocycles. The molecule has 0 bridgehead atoms. The van der Waals surface area contributed by atoms with Gasteiger partial charge in [0.05, 0.1) is 5.57 Å². The van der Waals surface area contributed by atoms with Crippen molar-refractivity contribution in [3.63, 3.8) is 0 Å². The molecular weight excluding hydrogens is 228 g/mol. The third-order valence-electron chi connectivity index (χ3n) is 2.50. The number of aryl methyl sites for hydroxylation is 1. The fraction of sp³-hybridized carbons (Fsp3) is 0.286. The van der Waals surface area contributed by atoms with Crippen molar-refractivity contribution in [1.82, 2.24) is 0 Å². The van der Waals surface area contributed by atoms with Crippen LogP contribution in [0.2, 0.25) is 0 Å². The number of rotatable bonds is 5. The molecule has 0 unspecified atom stereocenters. The highest BCUT2D eigenvalue weighted by atomic mass is 32.1. The predicted molar refractivity (Wildman–Crippen MR) is 75.4 cm³/mol. The summed E-state index contributed by atoms with van der Waals surface area (Å²) in [5.74, 6) is 0. The van der Waals surface area contributed by atoms with Crippen LogP contribution in [0.5, 0.6) is 0 Å². The molecule has 0 saturated carbocycles. The van der Waals surface area contributed by atoms with Gasteiger partial charge in [0.1, 0.15) is 11.1 Å². The van der Waals surface area contributed by atoms with Crippen LogP contribution in [0.1, 0.15) is 30.9 Å². The Morgan fingerprint density at radius 1 is 1.41 bits per heavy atom. The van der Waals surface area contributed by atoms with Crippen LogP contribution in [0.25, 0.3) is 6.08 Å². The van der Waals surface area contributed by atoms with Gasteiger partial charge in [-0.05, 0) is 30.0 Å². The Kier molecular flexibility index (Phi) is 5.38. The molecule has 1 aromatic rings. The summed E-state index contributed by atoms with van der Waals surface area (Å²) in [6.45, 7) is 2.18. The molecule has 0 aliphatic heterocycles. The number of hydrogen-bond acceptors (Lipinski definition) is 2. The summed E-state index contributed by atoms with van der Waals surface area (Å²) in [7, 11) is 0. The van der Waals surface area contributed by atoms with Crippen molar-refractivity contribution in [2.75, 3.05) is 0 Å². The van der Waals surface area contributed by atoms with Crippen LogP contribution < -0.4 is 5.73 Å². The van der Waals surface area contributed by atoms with Gasteiger partial charge in [0.15, 0.2) is 0 Å². The second kappa shape index (κ2) is 6.82. The Labute approximate surface area is 108 Å². The molecule has 1 aromatic carbocycles. The first-order valence-corrected chi connectivity index (χ1v) is 6.08. The molecule has 17 heavy (non-hydrogen) atoms. The first kappa shape index (κ1) is 13.4. The largest absolute Gasteiger partial charge is 0.389 e. The molecule has 2 N–H and O–H groups in total. The molecule has 0 atom stereocenters. The maximum atomic E-state index is 8.84. The minimum atomic E-state index is 0.141. The van der Waals surface area contributed by atoms with Crippen LogP contribution in [0.3, 0.4) is 0 Å². The van der Waals surface area contributed by atoms with Crippen molar-refractivity contribution >= 4 is 23.3 Å². The fourth-order valence-electron chi connectivity index (χ4n) is 1.49. The molecule has 0 aromatic heterocycles. The lowest BCUT2D eigenvalue weighted by Gasteiger charge is -2.01. The average molecular weight is 244 g/mol. The van der Waals surface area contributed by atoms with Gasteiger partial charge in [0.25, 0.3) is 0 Å².